The van der Waals surface area contributed by atoms with Gasteiger partial charge in [0.15, 0.2) is 0 Å². The Labute approximate surface area is 119 Å². The lowest BCUT2D eigenvalue weighted by molar-refractivity contribution is -0.00523. The summed E-state index contributed by atoms with van der Waals surface area (Å²) in [6.07, 6.45) is 4.24. The SMILES string of the molecule is C[C@@H]1CN(c2ccc(-c3ccnn3C)nc2)C[C@H](C)O1. The van der Waals surface area contributed by atoms with E-state index in [0.29, 0.717) is 0 Å². The zero-order valence-electron chi connectivity index (χ0n) is 12.2. The normalized spacial score (nSPS) is 23.1. The van der Waals surface area contributed by atoms with Crippen molar-refractivity contribution in [2.45, 2.75) is 26.1 Å². The molecule has 1 fully saturated rings. The molecule has 106 valence electrons. The van der Waals surface area contributed by atoms with Gasteiger partial charge in [-0.15, -0.1) is 0 Å². The highest BCUT2D eigenvalue weighted by molar-refractivity contribution is 5.58. The summed E-state index contributed by atoms with van der Waals surface area (Å²) in [5.74, 6) is 0. The van der Waals surface area contributed by atoms with E-state index in [1.54, 1.807) is 6.20 Å². The average molecular weight is 272 g/mol. The molecule has 5 heteroatoms. The Morgan fingerprint density at radius 2 is 1.90 bits per heavy atom. The third-order valence-electron chi connectivity index (χ3n) is 3.62. The minimum absolute atomic E-state index is 0.260. The molecule has 1 aliphatic rings. The van der Waals surface area contributed by atoms with Crippen LogP contribution in [0.4, 0.5) is 5.69 Å². The molecule has 1 saturated heterocycles. The van der Waals surface area contributed by atoms with Gasteiger partial charge in [-0.1, -0.05) is 0 Å². The number of hydrogen-bond donors (Lipinski definition) is 0. The first-order valence-electron chi connectivity index (χ1n) is 6.98. The largest absolute Gasteiger partial charge is 0.372 e. The Hall–Kier alpha value is -1.88. The molecule has 0 N–H and O–H groups in total. The van der Waals surface area contributed by atoms with Gasteiger partial charge in [0.25, 0.3) is 0 Å². The molecule has 5 nitrogen and oxygen atoms in total. The lowest BCUT2D eigenvalue weighted by atomic mass is 10.2. The first kappa shape index (κ1) is 13.1. The molecule has 0 bridgehead atoms. The van der Waals surface area contributed by atoms with Crippen LogP contribution in [0.15, 0.2) is 30.6 Å². The number of hydrogen-bond acceptors (Lipinski definition) is 4. The van der Waals surface area contributed by atoms with Gasteiger partial charge in [-0.3, -0.25) is 9.67 Å². The molecule has 0 unspecified atom stereocenters. The van der Waals surface area contributed by atoms with Crippen LogP contribution >= 0.6 is 0 Å². The molecule has 0 aliphatic carbocycles. The van der Waals surface area contributed by atoms with E-state index in [0.717, 1.165) is 30.2 Å². The fourth-order valence-corrected chi connectivity index (χ4v) is 2.74. The molecule has 2 aromatic rings. The summed E-state index contributed by atoms with van der Waals surface area (Å²) in [6, 6.07) is 6.15. The monoisotopic (exact) mass is 272 g/mol. The quantitative estimate of drug-likeness (QED) is 0.839. The molecule has 0 radical (unpaired) electrons. The number of rotatable bonds is 2. The molecule has 3 heterocycles. The Morgan fingerprint density at radius 1 is 1.15 bits per heavy atom. The average Bonchev–Trinajstić information content (AvgIpc) is 2.84. The molecule has 20 heavy (non-hydrogen) atoms. The summed E-state index contributed by atoms with van der Waals surface area (Å²) < 4.78 is 7.60. The standard InChI is InChI=1S/C15H20N4O/c1-11-9-19(10-12(2)20-11)13-4-5-14(16-8-13)15-6-7-17-18(15)3/h4-8,11-12H,9-10H2,1-3H3/t11-,12+. The third kappa shape index (κ3) is 2.54. The predicted octanol–water partition coefficient (Wildman–Crippen LogP) is 2.10. The van der Waals surface area contributed by atoms with Crippen molar-refractivity contribution in [3.05, 3.63) is 30.6 Å². The Balaban J connectivity index is 1.81. The minimum Gasteiger partial charge on any atom is -0.372 e. The molecule has 3 rings (SSSR count). The minimum atomic E-state index is 0.260. The summed E-state index contributed by atoms with van der Waals surface area (Å²) in [5.41, 5.74) is 3.13. The number of ether oxygens (including phenoxy) is 1. The van der Waals surface area contributed by atoms with Crippen LogP contribution in [-0.4, -0.2) is 40.1 Å². The topological polar surface area (TPSA) is 43.2 Å². The second-order valence-corrected chi connectivity index (χ2v) is 5.40. The van der Waals surface area contributed by atoms with Crippen LogP contribution < -0.4 is 4.90 Å². The van der Waals surface area contributed by atoms with Crippen LogP contribution in [0.3, 0.4) is 0 Å². The summed E-state index contributed by atoms with van der Waals surface area (Å²) in [5, 5.41) is 4.17. The van der Waals surface area contributed by atoms with Crippen molar-refractivity contribution >= 4 is 5.69 Å². The lowest BCUT2D eigenvalue weighted by Crippen LogP contribution is -2.45. The van der Waals surface area contributed by atoms with E-state index in [4.69, 9.17) is 4.74 Å². The molecule has 2 atom stereocenters. The molecule has 2 aromatic heterocycles. The van der Waals surface area contributed by atoms with Crippen LogP contribution in [0.25, 0.3) is 11.4 Å². The van der Waals surface area contributed by atoms with Crippen LogP contribution in [0.1, 0.15) is 13.8 Å². The maximum atomic E-state index is 5.76. The molecule has 0 aromatic carbocycles. The Bertz CT molecular complexity index is 568. The molecule has 0 spiro atoms. The van der Waals surface area contributed by atoms with Crippen molar-refractivity contribution in [3.63, 3.8) is 0 Å². The van der Waals surface area contributed by atoms with Crippen molar-refractivity contribution in [2.24, 2.45) is 7.05 Å². The van der Waals surface area contributed by atoms with E-state index in [2.05, 4.69) is 41.0 Å². The van der Waals surface area contributed by atoms with Gasteiger partial charge >= 0.3 is 0 Å². The Morgan fingerprint density at radius 3 is 2.45 bits per heavy atom. The highest BCUT2D eigenvalue weighted by Gasteiger charge is 2.22. The van der Waals surface area contributed by atoms with Crippen molar-refractivity contribution in [3.8, 4) is 11.4 Å². The lowest BCUT2D eigenvalue weighted by Gasteiger charge is -2.36. The molecule has 0 amide bonds. The number of aryl methyl sites for hydroxylation is 1. The molecule has 1 aliphatic heterocycles. The number of anilines is 1. The van der Waals surface area contributed by atoms with Gasteiger partial charge in [-0.25, -0.2) is 0 Å². The zero-order valence-corrected chi connectivity index (χ0v) is 12.2. The number of aromatic nitrogens is 3. The van der Waals surface area contributed by atoms with Gasteiger partial charge in [0.2, 0.25) is 0 Å². The smallest absolute Gasteiger partial charge is 0.0884 e. The number of pyridine rings is 1. The van der Waals surface area contributed by atoms with E-state index in [9.17, 15) is 0 Å². The second kappa shape index (κ2) is 5.25. The zero-order chi connectivity index (χ0) is 14.1. The fraction of sp³-hybridized carbons (Fsp3) is 0.467. The van der Waals surface area contributed by atoms with Gasteiger partial charge in [0.1, 0.15) is 0 Å². The maximum Gasteiger partial charge on any atom is 0.0884 e. The van der Waals surface area contributed by atoms with Crippen molar-refractivity contribution < 1.29 is 4.74 Å². The maximum absolute atomic E-state index is 5.76. The second-order valence-electron chi connectivity index (χ2n) is 5.40. The molecular weight excluding hydrogens is 252 g/mol. The van der Waals surface area contributed by atoms with Crippen LogP contribution in [0.2, 0.25) is 0 Å². The highest BCUT2D eigenvalue weighted by atomic mass is 16.5. The van der Waals surface area contributed by atoms with Crippen LogP contribution in [-0.2, 0) is 11.8 Å². The van der Waals surface area contributed by atoms with Crippen LogP contribution in [0, 0.1) is 0 Å². The highest BCUT2D eigenvalue weighted by Crippen LogP contribution is 2.22. The molecule has 0 saturated carbocycles. The van der Waals surface area contributed by atoms with Gasteiger partial charge in [0.05, 0.1) is 35.5 Å². The van der Waals surface area contributed by atoms with E-state index in [-0.39, 0.29) is 12.2 Å². The van der Waals surface area contributed by atoms with Crippen LogP contribution in [0.5, 0.6) is 0 Å². The first-order valence-corrected chi connectivity index (χ1v) is 6.98. The summed E-state index contributed by atoms with van der Waals surface area (Å²) in [7, 11) is 1.93. The van der Waals surface area contributed by atoms with E-state index in [1.807, 2.05) is 24.0 Å². The summed E-state index contributed by atoms with van der Waals surface area (Å²) in [4.78, 5) is 6.90. The fourth-order valence-electron chi connectivity index (χ4n) is 2.74. The van der Waals surface area contributed by atoms with E-state index >= 15 is 0 Å². The van der Waals surface area contributed by atoms with E-state index < -0.39 is 0 Å². The van der Waals surface area contributed by atoms with Gasteiger partial charge in [-0.2, -0.15) is 5.10 Å². The van der Waals surface area contributed by atoms with Crippen molar-refractivity contribution in [1.82, 2.24) is 14.8 Å². The van der Waals surface area contributed by atoms with Gasteiger partial charge < -0.3 is 9.64 Å². The van der Waals surface area contributed by atoms with E-state index in [1.165, 1.54) is 0 Å². The summed E-state index contributed by atoms with van der Waals surface area (Å²) in [6.45, 7) is 6.05. The molecular formula is C15H20N4O. The van der Waals surface area contributed by atoms with Gasteiger partial charge in [0, 0.05) is 26.3 Å². The van der Waals surface area contributed by atoms with Crippen molar-refractivity contribution in [2.75, 3.05) is 18.0 Å². The third-order valence-corrected chi connectivity index (χ3v) is 3.62. The summed E-state index contributed by atoms with van der Waals surface area (Å²) >= 11 is 0. The number of nitrogens with zero attached hydrogens (tertiary/aromatic N) is 4. The van der Waals surface area contributed by atoms with Crippen molar-refractivity contribution in [1.29, 1.82) is 0 Å². The first-order chi connectivity index (χ1) is 9.63. The predicted molar refractivity (Wildman–Crippen MR) is 78.7 cm³/mol. The Kier molecular flexibility index (Phi) is 3.44. The van der Waals surface area contributed by atoms with Gasteiger partial charge in [-0.05, 0) is 32.0 Å². The number of morpholine rings is 1.